The summed E-state index contributed by atoms with van der Waals surface area (Å²) in [6.07, 6.45) is -0.285. The Morgan fingerprint density at radius 2 is 1.67 bits per heavy atom. The molecule has 0 radical (unpaired) electrons. The van der Waals surface area contributed by atoms with Gasteiger partial charge in [0.15, 0.2) is 0 Å². The Morgan fingerprint density at radius 1 is 1.07 bits per heavy atom. The normalized spacial score (nSPS) is 16.7. The summed E-state index contributed by atoms with van der Waals surface area (Å²) in [5, 5.41) is 2.85. The van der Waals surface area contributed by atoms with Crippen LogP contribution < -0.4 is 19.7 Å². The van der Waals surface area contributed by atoms with Gasteiger partial charge >= 0.3 is 0 Å². The molecule has 1 aliphatic heterocycles. The van der Waals surface area contributed by atoms with E-state index >= 15 is 0 Å². The van der Waals surface area contributed by atoms with Crippen molar-refractivity contribution in [3.8, 4) is 11.5 Å². The quantitative estimate of drug-likeness (QED) is 0.840. The average Bonchev–Trinajstić information content (AvgIpc) is 2.73. The number of amides is 2. The van der Waals surface area contributed by atoms with E-state index in [4.69, 9.17) is 14.2 Å². The van der Waals surface area contributed by atoms with Crippen LogP contribution in [0, 0.1) is 0 Å². The van der Waals surface area contributed by atoms with Crippen molar-refractivity contribution in [2.75, 3.05) is 38.8 Å². The number of rotatable bonds is 6. The van der Waals surface area contributed by atoms with E-state index in [0.29, 0.717) is 24.4 Å². The maximum atomic E-state index is 12.3. The van der Waals surface area contributed by atoms with Crippen LogP contribution in [0.1, 0.15) is 10.4 Å². The van der Waals surface area contributed by atoms with Gasteiger partial charge in [0, 0.05) is 17.8 Å². The lowest BCUT2D eigenvalue weighted by Gasteiger charge is -2.33. The zero-order valence-electron chi connectivity index (χ0n) is 15.3. The molecule has 1 heterocycles. The molecule has 0 bridgehead atoms. The standard InChI is InChI=1S/C20H22N2O5/c1-25-16-7-3-14(4-8-16)20(24)21-11-18-12-22(19(23)13-27-18)15-5-9-17(26-2)10-6-15/h3-10,18H,11-13H2,1-2H3,(H,21,24). The van der Waals surface area contributed by atoms with Crippen molar-refractivity contribution >= 4 is 17.5 Å². The van der Waals surface area contributed by atoms with E-state index in [-0.39, 0.29) is 24.5 Å². The zero-order valence-corrected chi connectivity index (χ0v) is 15.3. The highest BCUT2D eigenvalue weighted by atomic mass is 16.5. The molecule has 142 valence electrons. The molecule has 2 aromatic rings. The third-order valence-corrected chi connectivity index (χ3v) is 4.36. The van der Waals surface area contributed by atoms with Gasteiger partial charge in [-0.15, -0.1) is 0 Å². The van der Waals surface area contributed by atoms with Gasteiger partial charge in [-0.25, -0.2) is 0 Å². The second-order valence-corrected chi connectivity index (χ2v) is 6.07. The molecular weight excluding hydrogens is 348 g/mol. The topological polar surface area (TPSA) is 77.1 Å². The first kappa shape index (κ1) is 18.7. The lowest BCUT2D eigenvalue weighted by atomic mass is 10.2. The van der Waals surface area contributed by atoms with Crippen LogP contribution in [-0.2, 0) is 9.53 Å². The van der Waals surface area contributed by atoms with Crippen molar-refractivity contribution in [1.29, 1.82) is 0 Å². The molecule has 27 heavy (non-hydrogen) atoms. The zero-order chi connectivity index (χ0) is 19.2. The van der Waals surface area contributed by atoms with Crippen LogP contribution in [0.15, 0.2) is 48.5 Å². The number of carbonyl (C=O) groups is 2. The van der Waals surface area contributed by atoms with Crippen molar-refractivity contribution in [2.45, 2.75) is 6.10 Å². The predicted octanol–water partition coefficient (Wildman–Crippen LogP) is 1.87. The Bertz CT molecular complexity index is 789. The summed E-state index contributed by atoms with van der Waals surface area (Å²) in [6.45, 7) is 0.661. The van der Waals surface area contributed by atoms with Crippen LogP contribution in [0.4, 0.5) is 5.69 Å². The van der Waals surface area contributed by atoms with Crippen molar-refractivity contribution in [1.82, 2.24) is 5.32 Å². The highest BCUT2D eigenvalue weighted by molar-refractivity contribution is 5.95. The molecule has 7 heteroatoms. The van der Waals surface area contributed by atoms with Crippen LogP contribution in [-0.4, -0.2) is 51.8 Å². The van der Waals surface area contributed by atoms with Crippen molar-refractivity contribution in [3.63, 3.8) is 0 Å². The number of methoxy groups -OCH3 is 2. The molecule has 1 atom stereocenters. The predicted molar refractivity (Wildman–Crippen MR) is 100 cm³/mol. The van der Waals surface area contributed by atoms with Gasteiger partial charge in [0.1, 0.15) is 18.1 Å². The SMILES string of the molecule is COc1ccc(C(=O)NCC2CN(c3ccc(OC)cc3)C(=O)CO2)cc1. The third kappa shape index (κ3) is 4.57. The lowest BCUT2D eigenvalue weighted by Crippen LogP contribution is -2.50. The lowest BCUT2D eigenvalue weighted by molar-refractivity contribution is -0.129. The van der Waals surface area contributed by atoms with E-state index in [1.54, 1.807) is 55.5 Å². The number of nitrogens with zero attached hydrogens (tertiary/aromatic N) is 1. The molecule has 0 aromatic heterocycles. The summed E-state index contributed by atoms with van der Waals surface area (Å²) >= 11 is 0. The maximum Gasteiger partial charge on any atom is 0.253 e. The van der Waals surface area contributed by atoms with Gasteiger partial charge in [-0.3, -0.25) is 9.59 Å². The molecule has 0 spiro atoms. The van der Waals surface area contributed by atoms with E-state index in [1.807, 2.05) is 12.1 Å². The second kappa shape index (κ2) is 8.55. The van der Waals surface area contributed by atoms with Gasteiger partial charge in [0.25, 0.3) is 11.8 Å². The monoisotopic (exact) mass is 370 g/mol. The number of ether oxygens (including phenoxy) is 3. The first-order valence-electron chi connectivity index (χ1n) is 8.59. The number of morpholine rings is 1. The molecule has 1 saturated heterocycles. The molecule has 1 N–H and O–H groups in total. The van der Waals surface area contributed by atoms with Gasteiger partial charge in [0.2, 0.25) is 0 Å². The number of benzene rings is 2. The van der Waals surface area contributed by atoms with Gasteiger partial charge in [0.05, 0.1) is 26.9 Å². The van der Waals surface area contributed by atoms with E-state index in [0.717, 1.165) is 11.4 Å². The first-order chi connectivity index (χ1) is 13.1. The van der Waals surface area contributed by atoms with Crippen LogP contribution >= 0.6 is 0 Å². The summed E-state index contributed by atoms with van der Waals surface area (Å²) in [6, 6.07) is 14.1. The number of carbonyl (C=O) groups excluding carboxylic acids is 2. The summed E-state index contributed by atoms with van der Waals surface area (Å²) in [5.74, 6) is 1.10. The minimum Gasteiger partial charge on any atom is -0.497 e. The van der Waals surface area contributed by atoms with E-state index in [2.05, 4.69) is 5.32 Å². The summed E-state index contributed by atoms with van der Waals surface area (Å²) in [4.78, 5) is 26.1. The maximum absolute atomic E-state index is 12.3. The first-order valence-corrected chi connectivity index (χ1v) is 8.59. The van der Waals surface area contributed by atoms with Crippen molar-refractivity contribution in [2.24, 2.45) is 0 Å². The van der Waals surface area contributed by atoms with Crippen molar-refractivity contribution in [3.05, 3.63) is 54.1 Å². The van der Waals surface area contributed by atoms with E-state index < -0.39 is 0 Å². The highest BCUT2D eigenvalue weighted by Gasteiger charge is 2.27. The number of hydrogen-bond donors (Lipinski definition) is 1. The molecule has 3 rings (SSSR count). The minimum atomic E-state index is -0.285. The molecule has 1 unspecified atom stereocenters. The highest BCUT2D eigenvalue weighted by Crippen LogP contribution is 2.22. The third-order valence-electron chi connectivity index (χ3n) is 4.36. The van der Waals surface area contributed by atoms with Crippen LogP contribution in [0.25, 0.3) is 0 Å². The van der Waals surface area contributed by atoms with Gasteiger partial charge in [-0.05, 0) is 48.5 Å². The Kier molecular flexibility index (Phi) is 5.93. The molecule has 7 nitrogen and oxygen atoms in total. The summed E-state index contributed by atoms with van der Waals surface area (Å²) in [5.41, 5.74) is 1.31. The molecular formula is C20H22N2O5. The number of hydrogen-bond acceptors (Lipinski definition) is 5. The van der Waals surface area contributed by atoms with Gasteiger partial charge in [-0.2, -0.15) is 0 Å². The number of nitrogens with one attached hydrogen (secondary N) is 1. The second-order valence-electron chi connectivity index (χ2n) is 6.07. The van der Waals surface area contributed by atoms with Gasteiger partial charge in [-0.1, -0.05) is 0 Å². The molecule has 2 aromatic carbocycles. The molecule has 0 aliphatic carbocycles. The molecule has 1 aliphatic rings. The molecule has 1 fully saturated rings. The molecule has 2 amide bonds. The Hall–Kier alpha value is -3.06. The summed E-state index contributed by atoms with van der Waals surface area (Å²) in [7, 11) is 3.17. The smallest absolute Gasteiger partial charge is 0.253 e. The van der Waals surface area contributed by atoms with Gasteiger partial charge < -0.3 is 24.4 Å². The largest absolute Gasteiger partial charge is 0.497 e. The Labute approximate surface area is 157 Å². The Morgan fingerprint density at radius 3 is 2.26 bits per heavy atom. The fraction of sp³-hybridized carbons (Fsp3) is 0.300. The van der Waals surface area contributed by atoms with Crippen LogP contribution in [0.2, 0.25) is 0 Å². The number of anilines is 1. The minimum absolute atomic E-state index is 0.0187. The summed E-state index contributed by atoms with van der Waals surface area (Å²) < 4.78 is 15.8. The fourth-order valence-corrected chi connectivity index (χ4v) is 2.81. The fourth-order valence-electron chi connectivity index (χ4n) is 2.81. The van der Waals surface area contributed by atoms with Crippen LogP contribution in [0.5, 0.6) is 11.5 Å². The van der Waals surface area contributed by atoms with E-state index in [1.165, 1.54) is 0 Å². The van der Waals surface area contributed by atoms with E-state index in [9.17, 15) is 9.59 Å². The molecule has 0 saturated carbocycles. The average molecular weight is 370 g/mol. The Balaban J connectivity index is 1.58. The van der Waals surface area contributed by atoms with Crippen LogP contribution in [0.3, 0.4) is 0 Å². The van der Waals surface area contributed by atoms with Crippen molar-refractivity contribution < 1.29 is 23.8 Å².